The van der Waals surface area contributed by atoms with Crippen molar-refractivity contribution in [2.75, 3.05) is 13.8 Å². The number of methoxy groups -OCH3 is 1. The van der Waals surface area contributed by atoms with Gasteiger partial charge in [-0.3, -0.25) is 9.18 Å². The number of hydrogen-bond donors (Lipinski definition) is 0. The predicted molar refractivity (Wildman–Crippen MR) is 65.8 cm³/mol. The average molecular weight is 238 g/mol. The van der Waals surface area contributed by atoms with Crippen LogP contribution in [0.2, 0.25) is 0 Å². The molecule has 94 valence electrons. The highest BCUT2D eigenvalue weighted by atomic mass is 19.1. The molecular weight excluding hydrogens is 219 g/mol. The number of alkyl halides is 1. The summed E-state index contributed by atoms with van der Waals surface area (Å²) in [7, 11) is 1.39. The van der Waals surface area contributed by atoms with Crippen molar-refractivity contribution in [3.63, 3.8) is 0 Å². The van der Waals surface area contributed by atoms with E-state index in [-0.39, 0.29) is 18.6 Å². The van der Waals surface area contributed by atoms with Gasteiger partial charge in [0.1, 0.15) is 0 Å². The van der Waals surface area contributed by atoms with Gasteiger partial charge in [-0.25, -0.2) is 0 Å². The second-order valence-corrected chi connectivity index (χ2v) is 4.09. The summed E-state index contributed by atoms with van der Waals surface area (Å²) in [6, 6.07) is 7.78. The Hall–Kier alpha value is -1.38. The maximum Gasteiger partial charge on any atom is 0.312 e. The van der Waals surface area contributed by atoms with Crippen molar-refractivity contribution in [3.8, 4) is 0 Å². The molecule has 17 heavy (non-hydrogen) atoms. The van der Waals surface area contributed by atoms with Gasteiger partial charge in [0.15, 0.2) is 0 Å². The lowest BCUT2D eigenvalue weighted by Crippen LogP contribution is -2.12. The molecule has 0 aromatic heterocycles. The van der Waals surface area contributed by atoms with Crippen LogP contribution in [0, 0.1) is 0 Å². The van der Waals surface area contributed by atoms with Gasteiger partial charge < -0.3 is 4.74 Å². The molecule has 1 rings (SSSR count). The largest absolute Gasteiger partial charge is 0.469 e. The van der Waals surface area contributed by atoms with E-state index in [9.17, 15) is 9.18 Å². The van der Waals surface area contributed by atoms with Crippen molar-refractivity contribution >= 4 is 5.97 Å². The minimum absolute atomic E-state index is 0.233. The summed E-state index contributed by atoms with van der Waals surface area (Å²) in [5.74, 6) is -0.496. The molecule has 0 bridgehead atoms. The van der Waals surface area contributed by atoms with Gasteiger partial charge in [0.25, 0.3) is 0 Å². The van der Waals surface area contributed by atoms with Gasteiger partial charge in [-0.15, -0.1) is 0 Å². The Morgan fingerprint density at radius 2 is 2.06 bits per heavy atom. The van der Waals surface area contributed by atoms with Crippen LogP contribution in [-0.4, -0.2) is 19.8 Å². The van der Waals surface area contributed by atoms with E-state index in [1.54, 1.807) is 0 Å². The van der Waals surface area contributed by atoms with Crippen molar-refractivity contribution in [1.82, 2.24) is 0 Å². The first-order valence-electron chi connectivity index (χ1n) is 5.92. The Balaban J connectivity index is 2.79. The Morgan fingerprint density at radius 3 is 2.71 bits per heavy atom. The van der Waals surface area contributed by atoms with Crippen molar-refractivity contribution in [2.24, 2.45) is 0 Å². The Kier molecular flexibility index (Phi) is 5.67. The molecule has 2 nitrogen and oxygen atoms in total. The fraction of sp³-hybridized carbons (Fsp3) is 0.500. The van der Waals surface area contributed by atoms with Gasteiger partial charge in [0, 0.05) is 0 Å². The summed E-state index contributed by atoms with van der Waals surface area (Å²) >= 11 is 0. The molecule has 1 aromatic carbocycles. The van der Waals surface area contributed by atoms with Crippen LogP contribution in [0.5, 0.6) is 0 Å². The van der Waals surface area contributed by atoms with Gasteiger partial charge >= 0.3 is 5.97 Å². The normalized spacial score (nSPS) is 12.2. The third kappa shape index (κ3) is 3.84. The van der Waals surface area contributed by atoms with Crippen molar-refractivity contribution in [3.05, 3.63) is 35.4 Å². The molecule has 0 N–H and O–H groups in total. The standard InChI is InChI=1S/C14H19FO2/c1-11(14(16)17-2)13-9-4-3-7-12(13)8-5-6-10-15/h3-4,7,9,11H,5-6,8,10H2,1-2H3. The molecule has 0 aliphatic carbocycles. The number of carbonyl (C=O) groups is 1. The van der Waals surface area contributed by atoms with Crippen LogP contribution >= 0.6 is 0 Å². The zero-order chi connectivity index (χ0) is 12.7. The van der Waals surface area contributed by atoms with Crippen LogP contribution in [0.3, 0.4) is 0 Å². The summed E-state index contributed by atoms with van der Waals surface area (Å²) in [6.07, 6.45) is 2.18. The number of halogens is 1. The molecule has 0 aliphatic heterocycles. The van der Waals surface area contributed by atoms with E-state index in [4.69, 9.17) is 4.74 Å². The molecule has 0 fully saturated rings. The van der Waals surface area contributed by atoms with Crippen molar-refractivity contribution in [1.29, 1.82) is 0 Å². The molecular formula is C14H19FO2. The lowest BCUT2D eigenvalue weighted by molar-refractivity contribution is -0.142. The van der Waals surface area contributed by atoms with Crippen molar-refractivity contribution < 1.29 is 13.9 Å². The van der Waals surface area contributed by atoms with Crippen LogP contribution in [0.1, 0.15) is 36.8 Å². The molecule has 3 heteroatoms. The first kappa shape index (κ1) is 13.7. The maximum absolute atomic E-state index is 12.1. The predicted octanol–water partition coefficient (Wildman–Crippen LogP) is 3.26. The fourth-order valence-corrected chi connectivity index (χ4v) is 1.90. The number of unbranched alkanes of at least 4 members (excludes halogenated alkanes) is 1. The molecule has 0 radical (unpaired) electrons. The minimum atomic E-state index is -0.283. The molecule has 0 aliphatic rings. The molecule has 0 heterocycles. The molecule has 1 aromatic rings. The number of hydrogen-bond acceptors (Lipinski definition) is 2. The second kappa shape index (κ2) is 7.05. The van der Waals surface area contributed by atoms with Crippen molar-refractivity contribution in [2.45, 2.75) is 32.1 Å². The highest BCUT2D eigenvalue weighted by Crippen LogP contribution is 2.22. The minimum Gasteiger partial charge on any atom is -0.469 e. The molecule has 0 saturated heterocycles. The molecule has 0 saturated carbocycles. The van der Waals surface area contributed by atoms with Crippen LogP contribution in [0.25, 0.3) is 0 Å². The highest BCUT2D eigenvalue weighted by Gasteiger charge is 2.18. The van der Waals surface area contributed by atoms with Crippen LogP contribution in [0.15, 0.2) is 24.3 Å². The monoisotopic (exact) mass is 238 g/mol. The van der Waals surface area contributed by atoms with E-state index in [0.717, 1.165) is 24.0 Å². The van der Waals surface area contributed by atoms with E-state index >= 15 is 0 Å². The summed E-state index contributed by atoms with van der Waals surface area (Å²) in [5, 5.41) is 0. The average Bonchev–Trinajstić information content (AvgIpc) is 2.38. The SMILES string of the molecule is COC(=O)C(C)c1ccccc1CCCCF. The smallest absolute Gasteiger partial charge is 0.312 e. The number of benzene rings is 1. The molecule has 0 spiro atoms. The van der Waals surface area contributed by atoms with Gasteiger partial charge in [0.2, 0.25) is 0 Å². The second-order valence-electron chi connectivity index (χ2n) is 4.09. The molecule has 0 amide bonds. The lowest BCUT2D eigenvalue weighted by Gasteiger charge is -2.14. The summed E-state index contributed by atoms with van der Waals surface area (Å²) in [5.41, 5.74) is 2.09. The Morgan fingerprint density at radius 1 is 1.35 bits per heavy atom. The summed E-state index contributed by atoms with van der Waals surface area (Å²) in [6.45, 7) is 1.55. The van der Waals surface area contributed by atoms with E-state index in [2.05, 4.69) is 0 Å². The first-order valence-corrected chi connectivity index (χ1v) is 5.92. The zero-order valence-corrected chi connectivity index (χ0v) is 10.4. The summed E-state index contributed by atoms with van der Waals surface area (Å²) < 4.78 is 16.8. The lowest BCUT2D eigenvalue weighted by atomic mass is 9.93. The van der Waals surface area contributed by atoms with Crippen LogP contribution < -0.4 is 0 Å². The van der Waals surface area contributed by atoms with Gasteiger partial charge in [-0.2, -0.15) is 0 Å². The third-order valence-electron chi connectivity index (χ3n) is 2.91. The van der Waals surface area contributed by atoms with Gasteiger partial charge in [-0.05, 0) is 37.3 Å². The van der Waals surface area contributed by atoms with Crippen LogP contribution in [0.4, 0.5) is 4.39 Å². The van der Waals surface area contributed by atoms with Gasteiger partial charge in [0.05, 0.1) is 19.7 Å². The highest BCUT2D eigenvalue weighted by molar-refractivity contribution is 5.78. The topological polar surface area (TPSA) is 26.3 Å². The van der Waals surface area contributed by atoms with E-state index in [0.29, 0.717) is 6.42 Å². The van der Waals surface area contributed by atoms with Crippen LogP contribution in [-0.2, 0) is 16.0 Å². The molecule has 1 unspecified atom stereocenters. The third-order valence-corrected chi connectivity index (χ3v) is 2.91. The van der Waals surface area contributed by atoms with E-state index < -0.39 is 0 Å². The molecule has 1 atom stereocenters. The quantitative estimate of drug-likeness (QED) is 0.561. The number of aryl methyl sites for hydroxylation is 1. The number of esters is 1. The maximum atomic E-state index is 12.1. The first-order chi connectivity index (χ1) is 8.20. The van der Waals surface area contributed by atoms with E-state index in [1.807, 2.05) is 31.2 Å². The number of ether oxygens (including phenoxy) is 1. The Bertz CT molecular complexity index is 363. The van der Waals surface area contributed by atoms with E-state index in [1.165, 1.54) is 7.11 Å². The number of carbonyl (C=O) groups excluding carboxylic acids is 1. The zero-order valence-electron chi connectivity index (χ0n) is 10.4. The van der Waals surface area contributed by atoms with Gasteiger partial charge in [-0.1, -0.05) is 24.3 Å². The number of rotatable bonds is 6. The summed E-state index contributed by atoms with van der Waals surface area (Å²) in [4.78, 5) is 11.5. The Labute approximate surface area is 102 Å². The fourth-order valence-electron chi connectivity index (χ4n) is 1.90.